The molecule has 2 aliphatic heterocycles. The number of hydrogen-bond donors (Lipinski definition) is 0. The summed E-state index contributed by atoms with van der Waals surface area (Å²) in [5.41, 5.74) is 0.512. The van der Waals surface area contributed by atoms with Crippen LogP contribution in [0.15, 0.2) is 0 Å². The van der Waals surface area contributed by atoms with E-state index in [1.165, 1.54) is 32.4 Å². The number of carbonyl (C=O) groups excluding carboxylic acids is 1. The second-order valence-electron chi connectivity index (χ2n) is 5.65. The highest BCUT2D eigenvalue weighted by Gasteiger charge is 2.40. The van der Waals surface area contributed by atoms with Crippen molar-refractivity contribution in [3.63, 3.8) is 0 Å². The van der Waals surface area contributed by atoms with Crippen LogP contribution in [0, 0.1) is 5.41 Å². The third-order valence-electron chi connectivity index (χ3n) is 4.11. The summed E-state index contributed by atoms with van der Waals surface area (Å²) in [5, 5.41) is 0. The van der Waals surface area contributed by atoms with E-state index < -0.39 is 0 Å². The molecule has 4 nitrogen and oxygen atoms in total. The zero-order valence-corrected chi connectivity index (χ0v) is 10.7. The van der Waals surface area contributed by atoms with E-state index in [1.54, 1.807) is 4.90 Å². The Bertz CT molecular complexity index is 269. The molecule has 0 radical (unpaired) electrons. The summed E-state index contributed by atoms with van der Waals surface area (Å²) < 4.78 is 0. The van der Waals surface area contributed by atoms with Crippen molar-refractivity contribution in [2.75, 3.05) is 47.3 Å². The van der Waals surface area contributed by atoms with Crippen molar-refractivity contribution in [2.24, 2.45) is 5.41 Å². The van der Waals surface area contributed by atoms with E-state index in [0.717, 1.165) is 13.1 Å². The molecule has 2 aliphatic rings. The van der Waals surface area contributed by atoms with E-state index in [0.29, 0.717) is 5.41 Å². The monoisotopic (exact) mass is 225 g/mol. The minimum atomic E-state index is 0.168. The maximum Gasteiger partial charge on any atom is 0.319 e. The van der Waals surface area contributed by atoms with Crippen LogP contribution in [0.3, 0.4) is 0 Å². The Morgan fingerprint density at radius 3 is 2.12 bits per heavy atom. The smallest absolute Gasteiger partial charge is 0.319 e. The average molecular weight is 225 g/mol. The molecule has 16 heavy (non-hydrogen) atoms. The highest BCUT2D eigenvalue weighted by atomic mass is 16.2. The molecule has 1 spiro atoms. The lowest BCUT2D eigenvalue weighted by Crippen LogP contribution is -2.47. The van der Waals surface area contributed by atoms with Crippen LogP contribution in [0.1, 0.15) is 19.3 Å². The summed E-state index contributed by atoms with van der Waals surface area (Å²) in [7, 11) is 5.86. The summed E-state index contributed by atoms with van der Waals surface area (Å²) in [6, 6.07) is 0.168. The highest BCUT2D eigenvalue weighted by molar-refractivity contribution is 5.73. The fourth-order valence-electron chi connectivity index (χ4n) is 3.02. The van der Waals surface area contributed by atoms with Crippen molar-refractivity contribution in [3.8, 4) is 0 Å². The molecule has 0 unspecified atom stereocenters. The van der Waals surface area contributed by atoms with Gasteiger partial charge in [-0.05, 0) is 38.3 Å². The molecule has 4 heteroatoms. The molecule has 0 aromatic heterocycles. The molecule has 2 saturated heterocycles. The van der Waals surface area contributed by atoms with Gasteiger partial charge in [0.15, 0.2) is 0 Å². The van der Waals surface area contributed by atoms with E-state index >= 15 is 0 Å². The SMILES string of the molecule is CN1CCC2(CCN(C(=O)N(C)C)CC2)C1. The number of nitrogens with zero attached hydrogens (tertiary/aromatic N) is 3. The van der Waals surface area contributed by atoms with Crippen LogP contribution in [0.5, 0.6) is 0 Å². The van der Waals surface area contributed by atoms with Gasteiger partial charge in [-0.1, -0.05) is 0 Å². The van der Waals surface area contributed by atoms with Crippen LogP contribution in [0.2, 0.25) is 0 Å². The first-order valence-electron chi connectivity index (χ1n) is 6.17. The summed E-state index contributed by atoms with van der Waals surface area (Å²) in [6.45, 7) is 4.31. The first kappa shape index (κ1) is 11.7. The molecule has 2 amide bonds. The Hall–Kier alpha value is -0.770. The number of rotatable bonds is 0. The number of piperidine rings is 1. The molecule has 0 saturated carbocycles. The van der Waals surface area contributed by atoms with Gasteiger partial charge in [0.05, 0.1) is 0 Å². The van der Waals surface area contributed by atoms with Gasteiger partial charge >= 0.3 is 6.03 Å². The Kier molecular flexibility index (Phi) is 3.10. The number of likely N-dealkylation sites (tertiary alicyclic amines) is 2. The van der Waals surface area contributed by atoms with Crippen LogP contribution in [-0.2, 0) is 0 Å². The van der Waals surface area contributed by atoms with Gasteiger partial charge in [0, 0.05) is 33.7 Å². The van der Waals surface area contributed by atoms with Gasteiger partial charge in [-0.15, -0.1) is 0 Å². The summed E-state index contributed by atoms with van der Waals surface area (Å²) in [4.78, 5) is 17.9. The minimum Gasteiger partial charge on any atom is -0.331 e. The maximum atomic E-state index is 11.8. The van der Waals surface area contributed by atoms with Crippen molar-refractivity contribution in [1.82, 2.24) is 14.7 Å². The second-order valence-corrected chi connectivity index (χ2v) is 5.65. The van der Waals surface area contributed by atoms with Crippen molar-refractivity contribution < 1.29 is 4.79 Å². The molecular formula is C12H23N3O. The van der Waals surface area contributed by atoms with Gasteiger partial charge in [-0.25, -0.2) is 4.79 Å². The zero-order valence-electron chi connectivity index (χ0n) is 10.7. The molecule has 0 atom stereocenters. The highest BCUT2D eigenvalue weighted by Crippen LogP contribution is 2.39. The van der Waals surface area contributed by atoms with E-state index in [4.69, 9.17) is 0 Å². The molecule has 2 fully saturated rings. The van der Waals surface area contributed by atoms with E-state index in [-0.39, 0.29) is 6.03 Å². The average Bonchev–Trinajstić information content (AvgIpc) is 2.60. The predicted octanol–water partition coefficient (Wildman–Crippen LogP) is 1.09. The molecule has 2 heterocycles. The topological polar surface area (TPSA) is 26.8 Å². The molecule has 0 bridgehead atoms. The lowest BCUT2D eigenvalue weighted by atomic mass is 9.78. The fourth-order valence-corrected chi connectivity index (χ4v) is 3.02. The Morgan fingerprint density at radius 1 is 1.12 bits per heavy atom. The van der Waals surface area contributed by atoms with Crippen LogP contribution in [0.25, 0.3) is 0 Å². The number of amides is 2. The summed E-state index contributed by atoms with van der Waals surface area (Å²) in [6.07, 6.45) is 3.67. The Labute approximate surface area is 98.2 Å². The molecule has 0 N–H and O–H groups in total. The summed E-state index contributed by atoms with van der Waals surface area (Å²) >= 11 is 0. The molecular weight excluding hydrogens is 202 g/mol. The van der Waals surface area contributed by atoms with Crippen LogP contribution in [0.4, 0.5) is 4.79 Å². The zero-order chi connectivity index (χ0) is 11.8. The van der Waals surface area contributed by atoms with Crippen molar-refractivity contribution in [1.29, 1.82) is 0 Å². The van der Waals surface area contributed by atoms with E-state index in [9.17, 15) is 4.79 Å². The van der Waals surface area contributed by atoms with E-state index in [1.807, 2.05) is 19.0 Å². The first-order valence-corrected chi connectivity index (χ1v) is 6.17. The van der Waals surface area contributed by atoms with Gasteiger partial charge in [-0.3, -0.25) is 0 Å². The number of urea groups is 1. The van der Waals surface area contributed by atoms with Crippen molar-refractivity contribution in [3.05, 3.63) is 0 Å². The second kappa shape index (κ2) is 4.24. The normalized spacial score (nSPS) is 25.1. The number of carbonyl (C=O) groups is 1. The molecule has 2 rings (SSSR count). The van der Waals surface area contributed by atoms with Gasteiger partial charge < -0.3 is 14.7 Å². The lowest BCUT2D eigenvalue weighted by Gasteiger charge is -2.40. The van der Waals surface area contributed by atoms with Crippen molar-refractivity contribution in [2.45, 2.75) is 19.3 Å². The van der Waals surface area contributed by atoms with Gasteiger partial charge in [0.2, 0.25) is 0 Å². The fraction of sp³-hybridized carbons (Fsp3) is 0.917. The standard InChI is InChI=1S/C12H23N3O/c1-13(2)11(16)15-8-5-12(6-9-15)4-7-14(3)10-12/h4-10H2,1-3H3. The predicted molar refractivity (Wildman–Crippen MR) is 64.4 cm³/mol. The van der Waals surface area contributed by atoms with Crippen LogP contribution < -0.4 is 0 Å². The van der Waals surface area contributed by atoms with E-state index in [2.05, 4.69) is 11.9 Å². The maximum absolute atomic E-state index is 11.8. The van der Waals surface area contributed by atoms with Crippen LogP contribution >= 0.6 is 0 Å². The third-order valence-corrected chi connectivity index (χ3v) is 4.11. The Balaban J connectivity index is 1.90. The lowest BCUT2D eigenvalue weighted by molar-refractivity contribution is 0.109. The molecule has 92 valence electrons. The third kappa shape index (κ3) is 2.17. The largest absolute Gasteiger partial charge is 0.331 e. The van der Waals surface area contributed by atoms with Gasteiger partial charge in [0.25, 0.3) is 0 Å². The van der Waals surface area contributed by atoms with Gasteiger partial charge in [0.1, 0.15) is 0 Å². The molecule has 0 aromatic carbocycles. The number of hydrogen-bond acceptors (Lipinski definition) is 2. The molecule has 0 aliphatic carbocycles. The first-order chi connectivity index (χ1) is 7.52. The van der Waals surface area contributed by atoms with Crippen LogP contribution in [-0.4, -0.2) is 68.1 Å². The van der Waals surface area contributed by atoms with Gasteiger partial charge in [-0.2, -0.15) is 0 Å². The Morgan fingerprint density at radius 2 is 1.69 bits per heavy atom. The van der Waals surface area contributed by atoms with Crippen molar-refractivity contribution >= 4 is 6.03 Å². The summed E-state index contributed by atoms with van der Waals surface area (Å²) in [5.74, 6) is 0. The quantitative estimate of drug-likeness (QED) is 0.617. The minimum absolute atomic E-state index is 0.168. The molecule has 0 aromatic rings.